The second-order valence-corrected chi connectivity index (χ2v) is 6.69. The molecule has 0 aliphatic carbocycles. The molecule has 27 heavy (non-hydrogen) atoms. The van der Waals surface area contributed by atoms with Gasteiger partial charge in [0.15, 0.2) is 0 Å². The van der Waals surface area contributed by atoms with E-state index in [0.29, 0.717) is 0 Å². The summed E-state index contributed by atoms with van der Waals surface area (Å²) in [5, 5.41) is 0. The van der Waals surface area contributed by atoms with Crippen molar-refractivity contribution in [2.75, 3.05) is 14.1 Å². The molecule has 3 heteroatoms. The summed E-state index contributed by atoms with van der Waals surface area (Å²) in [5.41, 5.74) is 4.39. The van der Waals surface area contributed by atoms with Crippen LogP contribution >= 0.6 is 0 Å². The maximum absolute atomic E-state index is 6.27. The SMILES string of the molecule is CN(C)C1=CC(c2cc(-c3ccccc3)cc(-c3ccccc3)[o+]2)OC=C1. The van der Waals surface area contributed by atoms with E-state index in [1.165, 1.54) is 0 Å². The van der Waals surface area contributed by atoms with Gasteiger partial charge in [-0.25, -0.2) is 4.42 Å². The lowest BCUT2D eigenvalue weighted by molar-refractivity contribution is 0.156. The number of hydrogen-bond acceptors (Lipinski definition) is 2. The smallest absolute Gasteiger partial charge is 0.374 e. The third-order valence-corrected chi connectivity index (χ3v) is 4.56. The topological polar surface area (TPSA) is 23.8 Å². The zero-order valence-electron chi connectivity index (χ0n) is 15.5. The average molecular weight is 356 g/mol. The molecule has 1 aliphatic rings. The summed E-state index contributed by atoms with van der Waals surface area (Å²) in [5.74, 6) is 1.60. The fourth-order valence-corrected chi connectivity index (χ4v) is 3.10. The van der Waals surface area contributed by atoms with Crippen molar-refractivity contribution in [2.24, 2.45) is 0 Å². The molecule has 0 spiro atoms. The Morgan fingerprint density at radius 3 is 2.15 bits per heavy atom. The average Bonchev–Trinajstić information content (AvgIpc) is 2.75. The van der Waals surface area contributed by atoms with E-state index in [0.717, 1.165) is 33.9 Å². The molecule has 4 rings (SSSR count). The van der Waals surface area contributed by atoms with Crippen LogP contribution in [0.2, 0.25) is 0 Å². The number of rotatable bonds is 4. The molecule has 0 saturated carbocycles. The Kier molecular flexibility index (Phi) is 4.75. The Morgan fingerprint density at radius 2 is 1.48 bits per heavy atom. The molecule has 0 fully saturated rings. The minimum absolute atomic E-state index is 0.265. The molecule has 134 valence electrons. The number of allylic oxidation sites excluding steroid dienone is 1. The zero-order chi connectivity index (χ0) is 18.6. The van der Waals surface area contributed by atoms with Crippen molar-refractivity contribution in [1.82, 2.24) is 4.90 Å². The van der Waals surface area contributed by atoms with Crippen molar-refractivity contribution in [3.05, 3.63) is 103 Å². The van der Waals surface area contributed by atoms with Gasteiger partial charge >= 0.3 is 11.5 Å². The van der Waals surface area contributed by atoms with Gasteiger partial charge in [0.2, 0.25) is 6.10 Å². The molecule has 1 aliphatic heterocycles. The summed E-state index contributed by atoms with van der Waals surface area (Å²) in [4.78, 5) is 2.06. The third-order valence-electron chi connectivity index (χ3n) is 4.56. The standard InChI is InChI=1S/C24H22NO2/c1-25(2)21-13-14-26-23(17-21)24-16-20(18-9-5-3-6-10-18)15-22(27-24)19-11-7-4-8-12-19/h3-17,23H,1-2H3/q+1. The fraction of sp³-hybridized carbons (Fsp3) is 0.125. The lowest BCUT2D eigenvalue weighted by atomic mass is 10.0. The highest BCUT2D eigenvalue weighted by Gasteiger charge is 2.28. The van der Waals surface area contributed by atoms with Crippen LogP contribution in [0.5, 0.6) is 0 Å². The number of hydrogen-bond donors (Lipinski definition) is 0. The van der Waals surface area contributed by atoms with Gasteiger partial charge in [-0.15, -0.1) is 0 Å². The predicted molar refractivity (Wildman–Crippen MR) is 109 cm³/mol. The second kappa shape index (κ2) is 7.50. The first-order valence-corrected chi connectivity index (χ1v) is 9.01. The summed E-state index contributed by atoms with van der Waals surface area (Å²) in [6.07, 6.45) is 5.49. The quantitative estimate of drug-likeness (QED) is 0.542. The molecular formula is C24H22NO2+. The highest BCUT2D eigenvalue weighted by molar-refractivity contribution is 5.69. The van der Waals surface area contributed by atoms with Crippen LogP contribution in [-0.2, 0) is 4.74 Å². The summed E-state index contributed by atoms with van der Waals surface area (Å²) < 4.78 is 12.1. The van der Waals surface area contributed by atoms with Crippen LogP contribution in [0.3, 0.4) is 0 Å². The number of likely N-dealkylation sites (N-methyl/N-ethyl adjacent to an activating group) is 1. The largest absolute Gasteiger partial charge is 0.480 e. The first-order chi connectivity index (χ1) is 13.2. The van der Waals surface area contributed by atoms with Gasteiger partial charge in [-0.1, -0.05) is 48.5 Å². The minimum Gasteiger partial charge on any atom is -0.480 e. The lowest BCUT2D eigenvalue weighted by Crippen LogP contribution is -2.14. The van der Waals surface area contributed by atoms with E-state index in [1.807, 2.05) is 56.6 Å². The summed E-state index contributed by atoms with van der Waals surface area (Å²) in [6.45, 7) is 0. The van der Waals surface area contributed by atoms with Gasteiger partial charge in [0.25, 0.3) is 0 Å². The van der Waals surface area contributed by atoms with Crippen LogP contribution in [0.4, 0.5) is 0 Å². The normalized spacial score (nSPS) is 15.8. The van der Waals surface area contributed by atoms with Crippen molar-refractivity contribution >= 4 is 0 Å². The van der Waals surface area contributed by atoms with E-state index in [-0.39, 0.29) is 6.10 Å². The Labute approximate surface area is 159 Å². The second-order valence-electron chi connectivity index (χ2n) is 6.69. The van der Waals surface area contributed by atoms with Crippen molar-refractivity contribution in [3.8, 4) is 22.5 Å². The molecule has 0 amide bonds. The van der Waals surface area contributed by atoms with Crippen LogP contribution in [0, 0.1) is 0 Å². The van der Waals surface area contributed by atoms with Crippen LogP contribution in [-0.4, -0.2) is 19.0 Å². The molecule has 0 saturated heterocycles. The van der Waals surface area contributed by atoms with Crippen LogP contribution < -0.4 is 0 Å². The Hall–Kier alpha value is -3.33. The van der Waals surface area contributed by atoms with Gasteiger partial charge in [-0.3, -0.25) is 0 Å². The molecule has 0 bridgehead atoms. The molecular weight excluding hydrogens is 334 g/mol. The van der Waals surface area contributed by atoms with Gasteiger partial charge in [0.1, 0.15) is 0 Å². The first-order valence-electron chi connectivity index (χ1n) is 9.01. The van der Waals surface area contributed by atoms with E-state index >= 15 is 0 Å². The Balaban J connectivity index is 1.83. The Bertz CT molecular complexity index is 918. The van der Waals surface area contributed by atoms with E-state index in [1.54, 1.807) is 6.26 Å². The maximum atomic E-state index is 6.27. The molecule has 0 radical (unpaired) electrons. The number of ether oxygens (including phenoxy) is 1. The lowest BCUT2D eigenvalue weighted by Gasteiger charge is -2.19. The van der Waals surface area contributed by atoms with Gasteiger partial charge in [-0.2, -0.15) is 0 Å². The monoisotopic (exact) mass is 356 g/mol. The minimum atomic E-state index is -0.265. The zero-order valence-corrected chi connectivity index (χ0v) is 15.5. The molecule has 2 heterocycles. The molecule has 1 aromatic heterocycles. The summed E-state index contributed by atoms with van der Waals surface area (Å²) >= 11 is 0. The van der Waals surface area contributed by atoms with E-state index < -0.39 is 0 Å². The third kappa shape index (κ3) is 3.77. The predicted octanol–water partition coefficient (Wildman–Crippen LogP) is 5.93. The van der Waals surface area contributed by atoms with Crippen molar-refractivity contribution in [2.45, 2.75) is 6.10 Å². The Morgan fingerprint density at radius 1 is 0.815 bits per heavy atom. The van der Waals surface area contributed by atoms with Gasteiger partial charge in [0.05, 0.1) is 24.0 Å². The molecule has 3 aromatic rings. The first kappa shape index (κ1) is 17.1. The summed E-state index contributed by atoms with van der Waals surface area (Å²) in [6, 6.07) is 24.6. The summed E-state index contributed by atoms with van der Waals surface area (Å²) in [7, 11) is 4.04. The van der Waals surface area contributed by atoms with Gasteiger partial charge < -0.3 is 9.64 Å². The van der Waals surface area contributed by atoms with E-state index in [2.05, 4.69) is 47.4 Å². The van der Waals surface area contributed by atoms with E-state index in [9.17, 15) is 0 Å². The molecule has 3 nitrogen and oxygen atoms in total. The molecule has 0 N–H and O–H groups in total. The van der Waals surface area contributed by atoms with Crippen molar-refractivity contribution < 1.29 is 9.15 Å². The molecule has 1 atom stereocenters. The van der Waals surface area contributed by atoms with Crippen LogP contribution in [0.25, 0.3) is 22.5 Å². The van der Waals surface area contributed by atoms with Crippen LogP contribution in [0.15, 0.2) is 101 Å². The highest BCUT2D eigenvalue weighted by atomic mass is 16.5. The number of nitrogens with zero attached hydrogens (tertiary/aromatic N) is 1. The van der Waals surface area contributed by atoms with Crippen molar-refractivity contribution in [3.63, 3.8) is 0 Å². The van der Waals surface area contributed by atoms with Gasteiger partial charge in [-0.05, 0) is 29.8 Å². The van der Waals surface area contributed by atoms with Gasteiger partial charge in [0, 0.05) is 25.4 Å². The maximum Gasteiger partial charge on any atom is 0.374 e. The fourth-order valence-electron chi connectivity index (χ4n) is 3.10. The van der Waals surface area contributed by atoms with Crippen molar-refractivity contribution in [1.29, 1.82) is 0 Å². The number of benzene rings is 2. The molecule has 1 unspecified atom stereocenters. The molecule has 2 aromatic carbocycles. The van der Waals surface area contributed by atoms with Crippen LogP contribution in [0.1, 0.15) is 11.9 Å². The highest BCUT2D eigenvalue weighted by Crippen LogP contribution is 2.33. The van der Waals surface area contributed by atoms with E-state index in [4.69, 9.17) is 9.15 Å².